The van der Waals surface area contributed by atoms with Crippen molar-refractivity contribution in [1.82, 2.24) is 30.2 Å². The number of anilines is 1. The van der Waals surface area contributed by atoms with Gasteiger partial charge in [-0.15, -0.1) is 0 Å². The highest BCUT2D eigenvalue weighted by Crippen LogP contribution is 2.56. The molecule has 0 saturated carbocycles. The molecule has 29 heteroatoms. The highest BCUT2D eigenvalue weighted by atomic mass is 32.2. The Morgan fingerprint density at radius 2 is 1.73 bits per heavy atom. The summed E-state index contributed by atoms with van der Waals surface area (Å²) in [7, 11) is -17.6. The van der Waals surface area contributed by atoms with E-state index in [-0.39, 0.29) is 53.8 Å². The molecule has 1 saturated heterocycles. The summed E-state index contributed by atoms with van der Waals surface area (Å²) in [4.78, 5) is 96.2. The van der Waals surface area contributed by atoms with E-state index in [0.29, 0.717) is 6.42 Å². The van der Waals surface area contributed by atoms with Crippen LogP contribution in [-0.4, -0.2) is 114 Å². The smallest absolute Gasteiger partial charge is 0.274 e. The Bertz CT molecular complexity index is 1870. The second-order valence-electron chi connectivity index (χ2n) is 13.9. The molecule has 3 heterocycles. The third kappa shape index (κ3) is 16.7. The minimum Gasteiger partial charge on any atom is -0.790 e. The molecule has 2 unspecified atom stereocenters. The predicted octanol–water partition coefficient (Wildman–Crippen LogP) is -2.14. The van der Waals surface area contributed by atoms with Crippen molar-refractivity contribution in [2.24, 2.45) is 5.41 Å². The molecule has 0 aromatic carbocycles. The minimum absolute atomic E-state index is 0.0110. The topological polar surface area (TPSA) is 395 Å². The van der Waals surface area contributed by atoms with Crippen LogP contribution in [0.5, 0.6) is 0 Å². The molecule has 0 radical (unpaired) electrons. The number of nitrogens with two attached hydrogens (primary N) is 1. The van der Waals surface area contributed by atoms with Crippen LogP contribution in [0.4, 0.5) is 5.82 Å². The molecule has 3 rings (SSSR count). The zero-order valence-electron chi connectivity index (χ0n) is 32.2. The fourth-order valence-electron chi connectivity index (χ4n) is 5.43. The lowest BCUT2D eigenvalue weighted by molar-refractivity contribution is -0.347. The Morgan fingerprint density at radius 1 is 1.03 bits per heavy atom. The number of ether oxygens (including phenoxy) is 1. The van der Waals surface area contributed by atoms with Gasteiger partial charge < -0.3 is 74.1 Å². The van der Waals surface area contributed by atoms with Gasteiger partial charge in [-0.1, -0.05) is 58.2 Å². The second-order valence-corrected chi connectivity index (χ2v) is 19.1. The number of phosphoric ester groups is 3. The number of thioether (sulfide) groups is 1. The van der Waals surface area contributed by atoms with Gasteiger partial charge in [-0.2, -0.15) is 0 Å². The number of amides is 2. The van der Waals surface area contributed by atoms with Gasteiger partial charge in [-0.25, -0.2) is 19.3 Å². The van der Waals surface area contributed by atoms with E-state index in [1.165, 1.54) is 13.8 Å². The van der Waals surface area contributed by atoms with Crippen LogP contribution < -0.4 is 35.9 Å². The maximum Gasteiger partial charge on any atom is 0.274 e. The van der Waals surface area contributed by atoms with Gasteiger partial charge in [0, 0.05) is 37.1 Å². The van der Waals surface area contributed by atoms with Crippen LogP contribution >= 0.6 is 35.2 Å². The van der Waals surface area contributed by atoms with Gasteiger partial charge in [0.1, 0.15) is 36.3 Å². The quantitative estimate of drug-likeness (QED) is 0.0433. The van der Waals surface area contributed by atoms with E-state index in [4.69, 9.17) is 10.5 Å². The second kappa shape index (κ2) is 22.6. The van der Waals surface area contributed by atoms with E-state index in [1.807, 2.05) is 0 Å². The number of nitrogen functional groups attached to an aromatic ring is 1. The first-order valence-electron chi connectivity index (χ1n) is 18.1. The number of carbonyl (C=O) groups is 3. The average molecular weight is 920 g/mol. The minimum atomic E-state index is -5.92. The largest absolute Gasteiger partial charge is 0.790 e. The number of nitrogens with zero attached hydrogens (tertiary/aromatic N) is 4. The van der Waals surface area contributed by atoms with Gasteiger partial charge in [-0.3, -0.25) is 28.1 Å². The highest BCUT2D eigenvalue weighted by molar-refractivity contribution is 8.13. The van der Waals surface area contributed by atoms with Crippen LogP contribution in [0, 0.1) is 5.41 Å². The molecule has 1 aliphatic rings. The monoisotopic (exact) mass is 919 g/mol. The number of rotatable bonds is 26. The summed E-state index contributed by atoms with van der Waals surface area (Å²) in [6.45, 7) is 2.06. The predicted molar refractivity (Wildman–Crippen MR) is 198 cm³/mol. The number of aromatic nitrogens is 4. The summed E-state index contributed by atoms with van der Waals surface area (Å²) >= 11 is 0.971. The molecule has 1 fully saturated rings. The van der Waals surface area contributed by atoms with Crippen molar-refractivity contribution in [1.29, 1.82) is 0 Å². The van der Waals surface area contributed by atoms with Gasteiger partial charge in [0.2, 0.25) is 11.8 Å². The van der Waals surface area contributed by atoms with Crippen LogP contribution in [0.15, 0.2) is 12.7 Å². The molecule has 0 bridgehead atoms. The van der Waals surface area contributed by atoms with Gasteiger partial charge in [-0.05, 0) is 6.42 Å². The molecule has 0 aliphatic carbocycles. The van der Waals surface area contributed by atoms with Gasteiger partial charge in [0.25, 0.3) is 15.6 Å². The summed E-state index contributed by atoms with van der Waals surface area (Å²) < 4.78 is 60.5. The number of unbranched alkanes of at least 4 members (excludes halogenated alkanes) is 3. The zero-order valence-corrected chi connectivity index (χ0v) is 35.7. The number of hydrogen-bond donors (Lipinski definition) is 6. The average Bonchev–Trinajstić information content (AvgIpc) is 3.70. The Hall–Kier alpha value is -2.48. The summed E-state index contributed by atoms with van der Waals surface area (Å²) in [6.07, 6.45) is -3.87. The molecule has 2 aromatic rings. The Morgan fingerprint density at radius 3 is 2.41 bits per heavy atom. The number of nitrogens with one attached hydrogen (secondary N) is 2. The standard InChI is InChI=1S/C30H52N7O18P3S/c1-4-5-6-7-8-18(38)13-21(40)59-12-11-32-20(39)9-10-33-28(43)25(42)30(2,3)15-52-58(49,50)55-57(47,48)51-14-19-24(54-56(44,45)46)23(41)29(53-19)37-17-36-22-26(31)34-16-35-27(22)37/h16-19,23-25,29,38,41-42H,4-15H2,1-3H3,(H,32,39)(H,33,43)(H,47,48)(H,49,50)(H2,31,34,35)(H2,44,45,46)/p-4/t18-,19-,23-,24-,25+,29-/m1/s1. The van der Waals surface area contributed by atoms with E-state index in [2.05, 4.69) is 50.4 Å². The number of imidazole rings is 1. The Labute approximate surface area is 342 Å². The molecule has 59 heavy (non-hydrogen) atoms. The van der Waals surface area contributed by atoms with Crippen LogP contribution in [0.2, 0.25) is 0 Å². The van der Waals surface area contributed by atoms with E-state index < -0.39 is 90.7 Å². The number of phosphoric acid groups is 3. The fourth-order valence-corrected chi connectivity index (χ4v) is 8.91. The molecule has 0 spiro atoms. The number of hydrogen-bond acceptors (Lipinski definition) is 23. The number of aliphatic hydroxyl groups excluding tert-OH is 3. The third-order valence-electron chi connectivity index (χ3n) is 8.53. The molecule has 336 valence electrons. The first-order valence-corrected chi connectivity index (χ1v) is 23.5. The normalized spacial score (nSPS) is 21.7. The number of fused-ring (bicyclic) bond motifs is 1. The van der Waals surface area contributed by atoms with E-state index in [0.717, 1.165) is 54.7 Å². The van der Waals surface area contributed by atoms with Crippen LogP contribution in [0.1, 0.15) is 71.9 Å². The van der Waals surface area contributed by atoms with E-state index >= 15 is 0 Å². The van der Waals surface area contributed by atoms with Crippen molar-refractivity contribution < 1.29 is 85.6 Å². The van der Waals surface area contributed by atoms with Crippen LogP contribution in [-0.2, 0) is 50.7 Å². The van der Waals surface area contributed by atoms with Crippen LogP contribution in [0.3, 0.4) is 0 Å². The molecule has 7 N–H and O–H groups in total. The zero-order chi connectivity index (χ0) is 44.2. The number of carbonyl (C=O) groups excluding carboxylic acids is 3. The Kier molecular flexibility index (Phi) is 19.5. The molecular formula is C30H48N7O18P3S-4. The highest BCUT2D eigenvalue weighted by Gasteiger charge is 2.47. The fraction of sp³-hybridized carbons (Fsp3) is 0.733. The summed E-state index contributed by atoms with van der Waals surface area (Å²) in [5.41, 5.74) is 4.05. The van der Waals surface area contributed by atoms with Crippen molar-refractivity contribution in [2.45, 2.75) is 102 Å². The van der Waals surface area contributed by atoms with Crippen molar-refractivity contribution in [3.63, 3.8) is 0 Å². The van der Waals surface area contributed by atoms with Gasteiger partial charge in [0.15, 0.2) is 22.8 Å². The first kappa shape index (κ1) is 50.9. The summed E-state index contributed by atoms with van der Waals surface area (Å²) in [6, 6.07) is 0. The lowest BCUT2D eigenvalue weighted by Gasteiger charge is -2.36. The lowest BCUT2D eigenvalue weighted by Crippen LogP contribution is -2.46. The van der Waals surface area contributed by atoms with E-state index in [1.54, 1.807) is 0 Å². The van der Waals surface area contributed by atoms with Crippen molar-refractivity contribution >= 4 is 69.1 Å². The van der Waals surface area contributed by atoms with Crippen LogP contribution in [0.25, 0.3) is 11.2 Å². The Balaban J connectivity index is 1.43. The SMILES string of the molecule is CCCCCC[C@@H](O)CC(=O)SCCNC(=O)CCNC(=O)[C@H](O)C(C)(C)COP(=O)([O-])OP(=O)([O-])OC[C@H]1O[C@@H](n2cnc3c(N)ncnc32)[C@H](O)[C@@H]1OP(=O)([O-])[O-]. The summed E-state index contributed by atoms with van der Waals surface area (Å²) in [5.74, 6) is -1.34. The van der Waals surface area contributed by atoms with Crippen molar-refractivity contribution in [3.8, 4) is 0 Å². The lowest BCUT2D eigenvalue weighted by atomic mass is 9.87. The number of aliphatic hydroxyl groups is 3. The van der Waals surface area contributed by atoms with Crippen molar-refractivity contribution in [2.75, 3.05) is 37.8 Å². The van der Waals surface area contributed by atoms with Gasteiger partial charge in [0.05, 0.1) is 33.5 Å². The molecule has 8 atom stereocenters. The molecule has 2 amide bonds. The van der Waals surface area contributed by atoms with Crippen molar-refractivity contribution in [3.05, 3.63) is 12.7 Å². The molecule has 1 aliphatic heterocycles. The molecule has 25 nitrogen and oxygen atoms in total. The maximum absolute atomic E-state index is 12.6. The first-order chi connectivity index (χ1) is 27.4. The maximum atomic E-state index is 12.6. The third-order valence-corrected chi connectivity index (χ3v) is 12.4. The van der Waals surface area contributed by atoms with Gasteiger partial charge >= 0.3 is 0 Å². The molecule has 2 aromatic heterocycles. The summed E-state index contributed by atoms with van der Waals surface area (Å²) in [5, 5.41) is 36.0. The van der Waals surface area contributed by atoms with E-state index in [9.17, 15) is 63.0 Å². The molecular weight excluding hydrogens is 871 g/mol.